The zero-order valence-corrected chi connectivity index (χ0v) is 11.2. The van der Waals surface area contributed by atoms with Gasteiger partial charge in [0.25, 0.3) is 0 Å². The van der Waals surface area contributed by atoms with E-state index in [4.69, 9.17) is 5.73 Å². The number of hydrogen-bond acceptors (Lipinski definition) is 2. The summed E-state index contributed by atoms with van der Waals surface area (Å²) in [5.74, 6) is -0.0300. The molecule has 0 fully saturated rings. The van der Waals surface area contributed by atoms with Gasteiger partial charge in [0.05, 0.1) is 6.42 Å². The Balaban J connectivity index is 2.05. The van der Waals surface area contributed by atoms with Gasteiger partial charge in [-0.2, -0.15) is 0 Å². The minimum absolute atomic E-state index is 0.0300. The van der Waals surface area contributed by atoms with E-state index in [0.717, 1.165) is 16.8 Å². The van der Waals surface area contributed by atoms with E-state index < -0.39 is 0 Å². The number of hydrogen-bond donors (Lipinski definition) is 2. The van der Waals surface area contributed by atoms with Crippen LogP contribution in [0.15, 0.2) is 42.5 Å². The Labute approximate surface area is 113 Å². The molecule has 3 N–H and O–H groups in total. The zero-order valence-electron chi connectivity index (χ0n) is 11.2. The van der Waals surface area contributed by atoms with E-state index in [1.165, 1.54) is 5.56 Å². The van der Waals surface area contributed by atoms with Gasteiger partial charge in [0.2, 0.25) is 5.91 Å². The Morgan fingerprint density at radius 2 is 1.79 bits per heavy atom. The molecule has 0 saturated heterocycles. The van der Waals surface area contributed by atoms with E-state index in [9.17, 15) is 4.79 Å². The molecule has 0 aliphatic rings. The standard InChI is InChI=1S/C16H18N2O/c1-11-6-8-13(9-7-11)10-16(19)18-15-5-3-4-14(17)12(15)2/h3-9H,10,17H2,1-2H3,(H,18,19). The smallest absolute Gasteiger partial charge is 0.228 e. The van der Waals surface area contributed by atoms with Crippen LogP contribution in [0.4, 0.5) is 11.4 Å². The lowest BCUT2D eigenvalue weighted by Gasteiger charge is -2.10. The highest BCUT2D eigenvalue weighted by Crippen LogP contribution is 2.20. The number of carbonyl (C=O) groups excluding carboxylic acids is 1. The van der Waals surface area contributed by atoms with Gasteiger partial charge in [0.15, 0.2) is 0 Å². The molecule has 1 amide bonds. The van der Waals surface area contributed by atoms with Gasteiger partial charge in [-0.05, 0) is 37.1 Å². The van der Waals surface area contributed by atoms with Gasteiger partial charge >= 0.3 is 0 Å². The Bertz CT molecular complexity index is 588. The third kappa shape index (κ3) is 3.35. The van der Waals surface area contributed by atoms with E-state index in [2.05, 4.69) is 5.32 Å². The molecular formula is C16H18N2O. The minimum atomic E-state index is -0.0300. The molecule has 0 saturated carbocycles. The number of aryl methyl sites for hydroxylation is 1. The van der Waals surface area contributed by atoms with Crippen molar-refractivity contribution in [2.75, 3.05) is 11.1 Å². The number of benzene rings is 2. The maximum Gasteiger partial charge on any atom is 0.228 e. The molecule has 0 bridgehead atoms. The Kier molecular flexibility index (Phi) is 3.85. The second-order valence-corrected chi connectivity index (χ2v) is 4.73. The first kappa shape index (κ1) is 13.1. The molecule has 0 aliphatic carbocycles. The molecule has 19 heavy (non-hydrogen) atoms. The average molecular weight is 254 g/mol. The maximum atomic E-state index is 12.0. The van der Waals surface area contributed by atoms with Crippen molar-refractivity contribution in [1.29, 1.82) is 0 Å². The monoisotopic (exact) mass is 254 g/mol. The van der Waals surface area contributed by atoms with Crippen LogP contribution in [-0.2, 0) is 11.2 Å². The number of nitrogens with two attached hydrogens (primary N) is 1. The van der Waals surface area contributed by atoms with Gasteiger partial charge in [-0.3, -0.25) is 4.79 Å². The van der Waals surface area contributed by atoms with E-state index in [0.29, 0.717) is 12.1 Å². The van der Waals surface area contributed by atoms with Crippen LogP contribution in [0.25, 0.3) is 0 Å². The first-order chi connectivity index (χ1) is 9.06. The fourth-order valence-corrected chi connectivity index (χ4v) is 1.87. The molecule has 0 aromatic heterocycles. The molecule has 0 radical (unpaired) electrons. The van der Waals surface area contributed by atoms with Crippen LogP contribution in [0.1, 0.15) is 16.7 Å². The van der Waals surface area contributed by atoms with Crippen LogP contribution in [0.3, 0.4) is 0 Å². The summed E-state index contributed by atoms with van der Waals surface area (Å²) in [6.45, 7) is 3.93. The number of rotatable bonds is 3. The maximum absolute atomic E-state index is 12.0. The number of nitrogens with one attached hydrogen (secondary N) is 1. The minimum Gasteiger partial charge on any atom is -0.398 e. The van der Waals surface area contributed by atoms with Crippen LogP contribution >= 0.6 is 0 Å². The normalized spacial score (nSPS) is 10.2. The summed E-state index contributed by atoms with van der Waals surface area (Å²) >= 11 is 0. The van der Waals surface area contributed by atoms with Crippen molar-refractivity contribution in [3.05, 3.63) is 59.2 Å². The van der Waals surface area contributed by atoms with Crippen molar-refractivity contribution in [2.45, 2.75) is 20.3 Å². The molecule has 2 rings (SSSR count). The predicted octanol–water partition coefficient (Wildman–Crippen LogP) is 3.07. The highest BCUT2D eigenvalue weighted by Gasteiger charge is 2.07. The van der Waals surface area contributed by atoms with Gasteiger partial charge < -0.3 is 11.1 Å². The van der Waals surface area contributed by atoms with Crippen molar-refractivity contribution in [3.8, 4) is 0 Å². The van der Waals surface area contributed by atoms with Crippen LogP contribution in [0.5, 0.6) is 0 Å². The lowest BCUT2D eigenvalue weighted by molar-refractivity contribution is -0.115. The molecule has 3 heteroatoms. The summed E-state index contributed by atoms with van der Waals surface area (Å²) in [6.07, 6.45) is 0.370. The Hall–Kier alpha value is -2.29. The summed E-state index contributed by atoms with van der Waals surface area (Å²) in [7, 11) is 0. The Morgan fingerprint density at radius 3 is 2.47 bits per heavy atom. The highest BCUT2D eigenvalue weighted by molar-refractivity contribution is 5.93. The lowest BCUT2D eigenvalue weighted by Crippen LogP contribution is -2.15. The first-order valence-corrected chi connectivity index (χ1v) is 6.27. The van der Waals surface area contributed by atoms with Crippen molar-refractivity contribution in [3.63, 3.8) is 0 Å². The summed E-state index contributed by atoms with van der Waals surface area (Å²) in [5, 5.41) is 2.90. The van der Waals surface area contributed by atoms with Crippen molar-refractivity contribution in [2.24, 2.45) is 0 Å². The summed E-state index contributed by atoms with van der Waals surface area (Å²) in [4.78, 5) is 12.0. The van der Waals surface area contributed by atoms with E-state index in [-0.39, 0.29) is 5.91 Å². The average Bonchev–Trinajstić information content (AvgIpc) is 2.38. The highest BCUT2D eigenvalue weighted by atomic mass is 16.1. The van der Waals surface area contributed by atoms with E-state index in [1.54, 1.807) is 0 Å². The van der Waals surface area contributed by atoms with Gasteiger partial charge in [-0.1, -0.05) is 35.9 Å². The number of anilines is 2. The number of amides is 1. The van der Waals surface area contributed by atoms with Crippen molar-refractivity contribution in [1.82, 2.24) is 0 Å². The van der Waals surface area contributed by atoms with E-state index >= 15 is 0 Å². The quantitative estimate of drug-likeness (QED) is 0.827. The van der Waals surface area contributed by atoms with Crippen LogP contribution in [-0.4, -0.2) is 5.91 Å². The molecule has 0 heterocycles. The fraction of sp³-hybridized carbons (Fsp3) is 0.188. The number of nitrogen functional groups attached to an aromatic ring is 1. The molecule has 3 nitrogen and oxygen atoms in total. The molecule has 0 spiro atoms. The molecular weight excluding hydrogens is 236 g/mol. The third-order valence-electron chi connectivity index (χ3n) is 3.14. The van der Waals surface area contributed by atoms with Crippen molar-refractivity contribution < 1.29 is 4.79 Å². The summed E-state index contributed by atoms with van der Waals surface area (Å²) in [6, 6.07) is 13.5. The fourth-order valence-electron chi connectivity index (χ4n) is 1.87. The topological polar surface area (TPSA) is 55.1 Å². The van der Waals surface area contributed by atoms with Crippen LogP contribution < -0.4 is 11.1 Å². The third-order valence-corrected chi connectivity index (χ3v) is 3.14. The molecule has 98 valence electrons. The predicted molar refractivity (Wildman–Crippen MR) is 79.1 cm³/mol. The molecule has 2 aromatic rings. The zero-order chi connectivity index (χ0) is 13.8. The second kappa shape index (κ2) is 5.57. The summed E-state index contributed by atoms with van der Waals surface area (Å²) in [5.41, 5.74) is 10.4. The Morgan fingerprint density at radius 1 is 1.11 bits per heavy atom. The SMILES string of the molecule is Cc1ccc(CC(=O)Nc2cccc(N)c2C)cc1. The van der Waals surface area contributed by atoms with Gasteiger partial charge in [-0.25, -0.2) is 0 Å². The van der Waals surface area contributed by atoms with Crippen LogP contribution in [0.2, 0.25) is 0 Å². The van der Waals surface area contributed by atoms with Gasteiger partial charge in [0, 0.05) is 11.4 Å². The number of carbonyl (C=O) groups is 1. The van der Waals surface area contributed by atoms with Crippen molar-refractivity contribution >= 4 is 17.3 Å². The van der Waals surface area contributed by atoms with Gasteiger partial charge in [-0.15, -0.1) is 0 Å². The molecule has 2 aromatic carbocycles. The summed E-state index contributed by atoms with van der Waals surface area (Å²) < 4.78 is 0. The first-order valence-electron chi connectivity index (χ1n) is 6.27. The van der Waals surface area contributed by atoms with Crippen LogP contribution in [0, 0.1) is 13.8 Å². The largest absolute Gasteiger partial charge is 0.398 e. The van der Waals surface area contributed by atoms with Gasteiger partial charge in [0.1, 0.15) is 0 Å². The lowest BCUT2D eigenvalue weighted by atomic mass is 10.1. The molecule has 0 unspecified atom stereocenters. The molecule has 0 atom stereocenters. The molecule has 0 aliphatic heterocycles. The second-order valence-electron chi connectivity index (χ2n) is 4.73. The van der Waals surface area contributed by atoms with E-state index in [1.807, 2.05) is 56.3 Å².